The second-order valence-corrected chi connectivity index (χ2v) is 6.29. The number of hydrogen-bond acceptors (Lipinski definition) is 3. The van der Waals surface area contributed by atoms with Gasteiger partial charge in [-0.15, -0.1) is 0 Å². The Bertz CT molecular complexity index is 891. The smallest absolute Gasteiger partial charge is 0.152 e. The summed E-state index contributed by atoms with van der Waals surface area (Å²) in [4.78, 5) is 9.28. The molecule has 1 heterocycles. The molecule has 1 aromatic heterocycles. The van der Waals surface area contributed by atoms with Crippen LogP contribution in [0.2, 0.25) is 0 Å². The van der Waals surface area contributed by atoms with Crippen molar-refractivity contribution in [3.05, 3.63) is 95.7 Å². The molecule has 0 saturated heterocycles. The number of nitriles is 1. The Morgan fingerprint density at radius 1 is 0.880 bits per heavy atom. The standard InChI is InChI=1S/C22H17N3/c23-16-22(13-14-22)19-11-12-20(24-15-19)25-21(17-7-3-1-4-8-17)18-9-5-2-6-10-18/h1-12,15H,13-14H2. The van der Waals surface area contributed by atoms with Gasteiger partial charge in [0.05, 0.1) is 17.2 Å². The van der Waals surface area contributed by atoms with Gasteiger partial charge in [0.15, 0.2) is 5.82 Å². The molecule has 0 amide bonds. The van der Waals surface area contributed by atoms with Crippen molar-refractivity contribution >= 4 is 11.5 Å². The van der Waals surface area contributed by atoms with Crippen molar-refractivity contribution in [2.45, 2.75) is 18.3 Å². The molecule has 4 rings (SSSR count). The second-order valence-electron chi connectivity index (χ2n) is 6.29. The minimum absolute atomic E-state index is 0.309. The van der Waals surface area contributed by atoms with E-state index in [2.05, 4.69) is 35.3 Å². The summed E-state index contributed by atoms with van der Waals surface area (Å²) in [5.74, 6) is 0.653. The fraction of sp³-hybridized carbons (Fsp3) is 0.136. The average Bonchev–Trinajstić information content (AvgIpc) is 3.49. The lowest BCUT2D eigenvalue weighted by molar-refractivity contribution is 0.897. The minimum Gasteiger partial charge on any atom is -0.237 e. The molecule has 3 nitrogen and oxygen atoms in total. The summed E-state index contributed by atoms with van der Waals surface area (Å²) in [6.07, 6.45) is 3.64. The number of nitrogens with zero attached hydrogens (tertiary/aromatic N) is 3. The van der Waals surface area contributed by atoms with Crippen molar-refractivity contribution in [1.29, 1.82) is 5.26 Å². The van der Waals surface area contributed by atoms with Crippen LogP contribution in [0.4, 0.5) is 5.82 Å². The molecule has 0 bridgehead atoms. The van der Waals surface area contributed by atoms with Gasteiger partial charge in [-0.1, -0.05) is 66.7 Å². The lowest BCUT2D eigenvalue weighted by Crippen LogP contribution is -2.04. The number of aromatic nitrogens is 1. The van der Waals surface area contributed by atoms with E-state index >= 15 is 0 Å². The van der Waals surface area contributed by atoms with Crippen LogP contribution < -0.4 is 0 Å². The first-order valence-electron chi connectivity index (χ1n) is 8.38. The normalized spacial score (nSPS) is 14.4. The fourth-order valence-corrected chi connectivity index (χ4v) is 2.93. The quantitative estimate of drug-likeness (QED) is 0.647. The van der Waals surface area contributed by atoms with E-state index < -0.39 is 0 Å². The number of benzene rings is 2. The Hall–Kier alpha value is -3.25. The first-order chi connectivity index (χ1) is 12.3. The Labute approximate surface area is 147 Å². The zero-order valence-electron chi connectivity index (χ0n) is 13.8. The van der Waals surface area contributed by atoms with Gasteiger partial charge in [0.25, 0.3) is 0 Å². The van der Waals surface area contributed by atoms with Crippen molar-refractivity contribution in [3.8, 4) is 6.07 Å². The van der Waals surface area contributed by atoms with Crippen molar-refractivity contribution in [2.75, 3.05) is 0 Å². The minimum atomic E-state index is -0.309. The van der Waals surface area contributed by atoms with E-state index in [0.29, 0.717) is 5.82 Å². The Morgan fingerprint density at radius 3 is 1.92 bits per heavy atom. The second kappa shape index (κ2) is 6.33. The van der Waals surface area contributed by atoms with Crippen molar-refractivity contribution in [1.82, 2.24) is 4.98 Å². The largest absolute Gasteiger partial charge is 0.237 e. The first kappa shape index (κ1) is 15.3. The first-order valence-corrected chi connectivity index (χ1v) is 8.38. The molecule has 0 spiro atoms. The summed E-state index contributed by atoms with van der Waals surface area (Å²) in [7, 11) is 0. The lowest BCUT2D eigenvalue weighted by Gasteiger charge is -2.08. The third-order valence-corrected chi connectivity index (χ3v) is 4.59. The molecule has 3 aromatic rings. The average molecular weight is 323 g/mol. The van der Waals surface area contributed by atoms with Crippen LogP contribution in [-0.2, 0) is 5.41 Å². The number of rotatable bonds is 4. The summed E-state index contributed by atoms with van der Waals surface area (Å²) >= 11 is 0. The summed E-state index contributed by atoms with van der Waals surface area (Å²) in [5.41, 5.74) is 3.68. The van der Waals surface area contributed by atoms with Gasteiger partial charge >= 0.3 is 0 Å². The summed E-state index contributed by atoms with van der Waals surface area (Å²) in [6, 6.07) is 26.5. The van der Waals surface area contributed by atoms with Gasteiger partial charge < -0.3 is 0 Å². The molecule has 1 aliphatic carbocycles. The predicted molar refractivity (Wildman–Crippen MR) is 98.9 cm³/mol. The molecule has 0 radical (unpaired) electrons. The predicted octanol–water partition coefficient (Wildman–Crippen LogP) is 4.81. The Balaban J connectivity index is 1.74. The third-order valence-electron chi connectivity index (χ3n) is 4.59. The Morgan fingerprint density at radius 2 is 1.48 bits per heavy atom. The zero-order chi connectivity index (χ0) is 17.1. The van der Waals surface area contributed by atoms with E-state index in [0.717, 1.165) is 35.2 Å². The lowest BCUT2D eigenvalue weighted by atomic mass is 10.00. The van der Waals surface area contributed by atoms with E-state index in [-0.39, 0.29) is 5.41 Å². The van der Waals surface area contributed by atoms with Gasteiger partial charge in [-0.05, 0) is 24.5 Å². The highest BCUT2D eigenvalue weighted by atomic mass is 14.9. The van der Waals surface area contributed by atoms with Gasteiger partial charge in [0.2, 0.25) is 0 Å². The highest BCUT2D eigenvalue weighted by Gasteiger charge is 2.45. The molecule has 1 aliphatic rings. The molecule has 2 aromatic carbocycles. The van der Waals surface area contributed by atoms with Crippen LogP contribution in [0.15, 0.2) is 84.0 Å². The van der Waals surface area contributed by atoms with Crippen molar-refractivity contribution in [2.24, 2.45) is 4.99 Å². The maximum atomic E-state index is 9.32. The molecule has 25 heavy (non-hydrogen) atoms. The van der Waals surface area contributed by atoms with Gasteiger partial charge in [0, 0.05) is 17.3 Å². The zero-order valence-corrected chi connectivity index (χ0v) is 13.8. The number of aliphatic imine (C=N–C) groups is 1. The van der Waals surface area contributed by atoms with Gasteiger partial charge in [0.1, 0.15) is 0 Å². The number of pyridine rings is 1. The monoisotopic (exact) mass is 323 g/mol. The molecule has 1 saturated carbocycles. The van der Waals surface area contributed by atoms with Gasteiger partial charge in [-0.3, -0.25) is 0 Å². The van der Waals surface area contributed by atoms with Crippen LogP contribution in [0.3, 0.4) is 0 Å². The van der Waals surface area contributed by atoms with E-state index in [9.17, 15) is 5.26 Å². The molecular weight excluding hydrogens is 306 g/mol. The molecule has 0 unspecified atom stereocenters. The molecular formula is C22H17N3. The maximum Gasteiger partial charge on any atom is 0.152 e. The van der Waals surface area contributed by atoms with Crippen molar-refractivity contribution < 1.29 is 0 Å². The summed E-state index contributed by atoms with van der Waals surface area (Å²) in [5, 5.41) is 9.32. The topological polar surface area (TPSA) is 49.0 Å². The SMILES string of the molecule is N#CC1(c2ccc(N=C(c3ccccc3)c3ccccc3)nc2)CC1. The van der Waals surface area contributed by atoms with Crippen molar-refractivity contribution in [3.63, 3.8) is 0 Å². The maximum absolute atomic E-state index is 9.32. The Kier molecular flexibility index (Phi) is 3.87. The highest BCUT2D eigenvalue weighted by Crippen LogP contribution is 2.47. The van der Waals surface area contributed by atoms with Crippen LogP contribution >= 0.6 is 0 Å². The van der Waals surface area contributed by atoms with Crippen LogP contribution in [0.25, 0.3) is 0 Å². The molecule has 0 atom stereocenters. The van der Waals surface area contributed by atoms with Gasteiger partial charge in [-0.2, -0.15) is 5.26 Å². The molecule has 120 valence electrons. The number of hydrogen-bond donors (Lipinski definition) is 0. The van der Waals surface area contributed by atoms with Crippen LogP contribution in [0.1, 0.15) is 29.5 Å². The van der Waals surface area contributed by atoms with E-state index in [1.807, 2.05) is 48.5 Å². The summed E-state index contributed by atoms with van der Waals surface area (Å²) < 4.78 is 0. The summed E-state index contributed by atoms with van der Waals surface area (Å²) in [6.45, 7) is 0. The van der Waals surface area contributed by atoms with E-state index in [1.54, 1.807) is 6.20 Å². The molecule has 0 aliphatic heterocycles. The molecule has 0 N–H and O–H groups in total. The molecule has 1 fully saturated rings. The van der Waals surface area contributed by atoms with E-state index in [1.165, 1.54) is 0 Å². The molecule has 3 heteroatoms. The van der Waals surface area contributed by atoms with Crippen LogP contribution in [0.5, 0.6) is 0 Å². The highest BCUT2D eigenvalue weighted by molar-refractivity contribution is 6.13. The van der Waals surface area contributed by atoms with Gasteiger partial charge in [-0.25, -0.2) is 9.98 Å². The fourth-order valence-electron chi connectivity index (χ4n) is 2.93. The van der Waals surface area contributed by atoms with Crippen LogP contribution in [0, 0.1) is 11.3 Å². The van der Waals surface area contributed by atoms with E-state index in [4.69, 9.17) is 4.99 Å². The van der Waals surface area contributed by atoms with Crippen LogP contribution in [-0.4, -0.2) is 10.7 Å². The third kappa shape index (κ3) is 3.07.